The molecule has 3 rings (SSSR count). The van der Waals surface area contributed by atoms with Gasteiger partial charge in [0.1, 0.15) is 0 Å². The first-order valence-corrected chi connectivity index (χ1v) is 5.84. The van der Waals surface area contributed by atoms with E-state index in [4.69, 9.17) is 0 Å². The summed E-state index contributed by atoms with van der Waals surface area (Å²) in [6, 6.07) is 5.82. The lowest BCUT2D eigenvalue weighted by atomic mass is 10.1. The van der Waals surface area contributed by atoms with Crippen LogP contribution in [0.15, 0.2) is 22.7 Å². The molecule has 1 aromatic rings. The molecular formula is C11H11BrN2O. The highest BCUT2D eigenvalue weighted by Gasteiger charge is 2.50. The predicted molar refractivity (Wildman–Crippen MR) is 62.9 cm³/mol. The number of rotatable bonds is 0. The van der Waals surface area contributed by atoms with Crippen LogP contribution in [0.25, 0.3) is 0 Å². The molecular weight excluding hydrogens is 256 g/mol. The third-order valence-electron chi connectivity index (χ3n) is 3.20. The second kappa shape index (κ2) is 2.98. The van der Waals surface area contributed by atoms with E-state index in [1.54, 1.807) is 0 Å². The van der Waals surface area contributed by atoms with Crippen molar-refractivity contribution in [2.45, 2.75) is 12.8 Å². The number of halogens is 1. The summed E-state index contributed by atoms with van der Waals surface area (Å²) in [6.07, 6.45) is 1.99. The van der Waals surface area contributed by atoms with Crippen LogP contribution in [0, 0.1) is 5.41 Å². The van der Waals surface area contributed by atoms with Crippen LogP contribution in [0.4, 0.5) is 11.4 Å². The summed E-state index contributed by atoms with van der Waals surface area (Å²) in [5, 5.41) is 6.33. The predicted octanol–water partition coefficient (Wildman–Crippen LogP) is 2.59. The zero-order valence-corrected chi connectivity index (χ0v) is 9.73. The fraction of sp³-hybridized carbons (Fsp3) is 0.364. The minimum Gasteiger partial charge on any atom is -0.381 e. The van der Waals surface area contributed by atoms with Crippen LogP contribution >= 0.6 is 15.9 Å². The van der Waals surface area contributed by atoms with Crippen molar-refractivity contribution in [1.82, 2.24) is 0 Å². The molecule has 1 heterocycles. The second-order valence-electron chi connectivity index (χ2n) is 4.25. The third-order valence-corrected chi connectivity index (χ3v) is 3.86. The summed E-state index contributed by atoms with van der Waals surface area (Å²) in [5.74, 6) is 0.159. The Morgan fingerprint density at radius 2 is 2.13 bits per heavy atom. The lowest BCUT2D eigenvalue weighted by Gasteiger charge is -2.09. The maximum atomic E-state index is 11.9. The maximum absolute atomic E-state index is 11.9. The van der Waals surface area contributed by atoms with Gasteiger partial charge >= 0.3 is 0 Å². The normalized spacial score (nSPS) is 21.3. The number of carbonyl (C=O) groups is 1. The highest BCUT2D eigenvalue weighted by molar-refractivity contribution is 9.10. The highest BCUT2D eigenvalue weighted by atomic mass is 79.9. The van der Waals surface area contributed by atoms with Crippen molar-refractivity contribution >= 4 is 33.2 Å². The highest BCUT2D eigenvalue weighted by Crippen LogP contribution is 2.49. The molecule has 0 bridgehead atoms. The lowest BCUT2D eigenvalue weighted by Crippen LogP contribution is -2.27. The zero-order chi connectivity index (χ0) is 10.5. The van der Waals surface area contributed by atoms with E-state index in [0.717, 1.165) is 35.2 Å². The van der Waals surface area contributed by atoms with Crippen LogP contribution < -0.4 is 10.6 Å². The summed E-state index contributed by atoms with van der Waals surface area (Å²) in [5.41, 5.74) is 1.73. The molecule has 1 amide bonds. The summed E-state index contributed by atoms with van der Waals surface area (Å²) in [6.45, 7) is 0.744. The van der Waals surface area contributed by atoms with Gasteiger partial charge in [0.25, 0.3) is 0 Å². The monoisotopic (exact) mass is 266 g/mol. The number of hydrogen-bond acceptors (Lipinski definition) is 2. The summed E-state index contributed by atoms with van der Waals surface area (Å²) < 4.78 is 0.998. The van der Waals surface area contributed by atoms with Crippen LogP contribution in [0.3, 0.4) is 0 Å². The first-order valence-electron chi connectivity index (χ1n) is 5.05. The van der Waals surface area contributed by atoms with Crippen molar-refractivity contribution in [3.8, 4) is 0 Å². The van der Waals surface area contributed by atoms with Crippen molar-refractivity contribution in [2.75, 3.05) is 17.2 Å². The van der Waals surface area contributed by atoms with Crippen molar-refractivity contribution < 1.29 is 4.79 Å². The molecule has 4 heteroatoms. The topological polar surface area (TPSA) is 41.1 Å². The molecule has 15 heavy (non-hydrogen) atoms. The van der Waals surface area contributed by atoms with E-state index in [9.17, 15) is 4.79 Å². The van der Waals surface area contributed by atoms with Crippen molar-refractivity contribution in [3.05, 3.63) is 22.7 Å². The van der Waals surface area contributed by atoms with E-state index >= 15 is 0 Å². The zero-order valence-electron chi connectivity index (χ0n) is 8.14. The lowest BCUT2D eigenvalue weighted by molar-refractivity contribution is -0.120. The number of carbonyl (C=O) groups excluding carboxylic acids is 1. The van der Waals surface area contributed by atoms with E-state index < -0.39 is 0 Å². The standard InChI is InChI=1S/C11H11BrN2O/c12-7-2-1-3-8-9(7)13-6-11(4-5-11)10(15)14-8/h1-3,13H,4-6H2,(H,14,15). The van der Waals surface area contributed by atoms with E-state index in [1.165, 1.54) is 0 Å². The Balaban J connectivity index is 2.04. The number of anilines is 2. The van der Waals surface area contributed by atoms with Crippen LogP contribution in [0.5, 0.6) is 0 Å². The molecule has 0 unspecified atom stereocenters. The molecule has 2 N–H and O–H groups in total. The number of para-hydroxylation sites is 1. The van der Waals surface area contributed by atoms with Crippen molar-refractivity contribution in [1.29, 1.82) is 0 Å². The molecule has 0 atom stereocenters. The Morgan fingerprint density at radius 3 is 2.87 bits per heavy atom. The molecule has 1 aromatic carbocycles. The van der Waals surface area contributed by atoms with Gasteiger partial charge in [0.05, 0.1) is 16.8 Å². The molecule has 1 fully saturated rings. The fourth-order valence-electron chi connectivity index (χ4n) is 1.96. The molecule has 1 saturated carbocycles. The summed E-state index contributed by atoms with van der Waals surface area (Å²) in [4.78, 5) is 11.9. The first kappa shape index (κ1) is 9.21. The smallest absolute Gasteiger partial charge is 0.232 e. The molecule has 1 aliphatic carbocycles. The van der Waals surface area contributed by atoms with Crippen molar-refractivity contribution in [3.63, 3.8) is 0 Å². The summed E-state index contributed by atoms with van der Waals surface area (Å²) in [7, 11) is 0. The SMILES string of the molecule is O=C1Nc2cccc(Br)c2NCC12CC2. The van der Waals surface area contributed by atoms with Gasteiger partial charge in [-0.15, -0.1) is 0 Å². The van der Waals surface area contributed by atoms with Crippen LogP contribution in [-0.2, 0) is 4.79 Å². The van der Waals surface area contributed by atoms with Gasteiger partial charge in [-0.25, -0.2) is 0 Å². The van der Waals surface area contributed by atoms with E-state index in [0.29, 0.717) is 0 Å². The van der Waals surface area contributed by atoms with Gasteiger partial charge < -0.3 is 10.6 Å². The van der Waals surface area contributed by atoms with Gasteiger partial charge in [-0.1, -0.05) is 6.07 Å². The largest absolute Gasteiger partial charge is 0.381 e. The van der Waals surface area contributed by atoms with Gasteiger partial charge in [0.15, 0.2) is 0 Å². The van der Waals surface area contributed by atoms with Crippen LogP contribution in [-0.4, -0.2) is 12.5 Å². The Bertz CT molecular complexity index is 440. The number of nitrogens with one attached hydrogen (secondary N) is 2. The number of hydrogen-bond donors (Lipinski definition) is 2. The minimum atomic E-state index is -0.140. The Morgan fingerprint density at radius 1 is 1.33 bits per heavy atom. The van der Waals surface area contributed by atoms with Gasteiger partial charge in [-0.2, -0.15) is 0 Å². The molecule has 0 radical (unpaired) electrons. The second-order valence-corrected chi connectivity index (χ2v) is 5.10. The number of fused-ring (bicyclic) bond motifs is 1. The van der Waals surface area contributed by atoms with Crippen LogP contribution in [0.1, 0.15) is 12.8 Å². The van der Waals surface area contributed by atoms with Gasteiger partial charge in [0.2, 0.25) is 5.91 Å². The summed E-state index contributed by atoms with van der Waals surface area (Å²) >= 11 is 3.48. The Kier molecular flexibility index (Phi) is 1.83. The molecule has 1 aliphatic heterocycles. The fourth-order valence-corrected chi connectivity index (χ4v) is 2.46. The number of benzene rings is 1. The number of amides is 1. The molecule has 78 valence electrons. The molecule has 2 aliphatic rings. The first-order chi connectivity index (χ1) is 7.21. The molecule has 3 nitrogen and oxygen atoms in total. The van der Waals surface area contributed by atoms with E-state index in [1.807, 2.05) is 18.2 Å². The van der Waals surface area contributed by atoms with E-state index in [-0.39, 0.29) is 11.3 Å². The van der Waals surface area contributed by atoms with Crippen molar-refractivity contribution in [2.24, 2.45) is 5.41 Å². The minimum absolute atomic E-state index is 0.140. The quantitative estimate of drug-likeness (QED) is 0.758. The molecule has 0 aromatic heterocycles. The average molecular weight is 267 g/mol. The van der Waals surface area contributed by atoms with Gasteiger partial charge in [-0.3, -0.25) is 4.79 Å². The van der Waals surface area contributed by atoms with Gasteiger partial charge in [0, 0.05) is 11.0 Å². The maximum Gasteiger partial charge on any atom is 0.232 e. The average Bonchev–Trinajstić information content (AvgIpc) is 2.98. The molecule has 1 spiro atoms. The Hall–Kier alpha value is -1.03. The van der Waals surface area contributed by atoms with Crippen LogP contribution in [0.2, 0.25) is 0 Å². The Labute approximate surface area is 96.4 Å². The third kappa shape index (κ3) is 1.35. The van der Waals surface area contributed by atoms with Gasteiger partial charge in [-0.05, 0) is 40.9 Å². The van der Waals surface area contributed by atoms with E-state index in [2.05, 4.69) is 26.6 Å². The molecule has 0 saturated heterocycles.